The maximum atomic E-state index is 12.3. The van der Waals surface area contributed by atoms with Gasteiger partial charge in [0.1, 0.15) is 0 Å². The van der Waals surface area contributed by atoms with E-state index in [1.54, 1.807) is 12.4 Å². The zero-order valence-corrected chi connectivity index (χ0v) is 14.1. The van der Waals surface area contributed by atoms with Gasteiger partial charge in [0.05, 0.1) is 6.04 Å². The smallest absolute Gasteiger partial charge is 0.317 e. The lowest BCUT2D eigenvalue weighted by molar-refractivity contribution is 0.200. The van der Waals surface area contributed by atoms with E-state index < -0.39 is 0 Å². The Morgan fingerprint density at radius 2 is 1.70 bits per heavy atom. The maximum Gasteiger partial charge on any atom is 0.317 e. The number of benzene rings is 1. The quantitative estimate of drug-likeness (QED) is 0.937. The molecule has 1 N–H and O–H groups in total. The van der Waals surface area contributed by atoms with Crippen LogP contribution in [0.25, 0.3) is 11.1 Å². The molecule has 0 spiro atoms. The molecule has 1 saturated heterocycles. The molecule has 1 aromatic heterocycles. The van der Waals surface area contributed by atoms with Gasteiger partial charge in [-0.05, 0) is 35.7 Å². The summed E-state index contributed by atoms with van der Waals surface area (Å²) in [6, 6.07) is 12.4. The molecule has 120 valence electrons. The Hall–Kier alpha value is -2.01. The van der Waals surface area contributed by atoms with Crippen molar-refractivity contribution in [3.05, 3.63) is 54.4 Å². The first-order valence-corrected chi connectivity index (χ1v) is 9.03. The Bertz CT molecular complexity index is 639. The zero-order chi connectivity index (χ0) is 16.1. The SMILES string of the molecule is C[C@H](NC(=O)N1CCSCC1)c1ccc(-c2ccncc2)cc1. The van der Waals surface area contributed by atoms with Gasteiger partial charge in [-0.1, -0.05) is 24.3 Å². The fourth-order valence-corrected chi connectivity index (χ4v) is 3.54. The zero-order valence-electron chi connectivity index (χ0n) is 13.2. The van der Waals surface area contributed by atoms with E-state index in [9.17, 15) is 4.79 Å². The minimum Gasteiger partial charge on any atom is -0.331 e. The van der Waals surface area contributed by atoms with Crippen molar-refractivity contribution < 1.29 is 4.79 Å². The van der Waals surface area contributed by atoms with Crippen LogP contribution in [0.15, 0.2) is 48.8 Å². The predicted octanol–water partition coefficient (Wildman–Crippen LogP) is 3.57. The Morgan fingerprint density at radius 1 is 1.09 bits per heavy atom. The number of carbonyl (C=O) groups excluding carboxylic acids is 1. The summed E-state index contributed by atoms with van der Waals surface area (Å²) < 4.78 is 0. The molecular weight excluding hydrogens is 306 g/mol. The summed E-state index contributed by atoms with van der Waals surface area (Å²) in [6.45, 7) is 3.70. The van der Waals surface area contributed by atoms with Gasteiger partial charge in [0.25, 0.3) is 0 Å². The van der Waals surface area contributed by atoms with Gasteiger partial charge in [-0.25, -0.2) is 4.79 Å². The van der Waals surface area contributed by atoms with Crippen LogP contribution >= 0.6 is 11.8 Å². The van der Waals surface area contributed by atoms with Gasteiger partial charge in [-0.15, -0.1) is 0 Å². The summed E-state index contributed by atoms with van der Waals surface area (Å²) in [7, 11) is 0. The van der Waals surface area contributed by atoms with Crippen LogP contribution in [0.2, 0.25) is 0 Å². The lowest BCUT2D eigenvalue weighted by atomic mass is 10.0. The Labute approximate surface area is 141 Å². The number of aromatic nitrogens is 1. The van der Waals surface area contributed by atoms with Crippen molar-refractivity contribution in [3.8, 4) is 11.1 Å². The van der Waals surface area contributed by atoms with Crippen LogP contribution in [-0.2, 0) is 0 Å². The molecule has 23 heavy (non-hydrogen) atoms. The molecule has 2 heterocycles. The monoisotopic (exact) mass is 327 g/mol. The maximum absolute atomic E-state index is 12.3. The van der Waals surface area contributed by atoms with Crippen molar-refractivity contribution in [3.63, 3.8) is 0 Å². The summed E-state index contributed by atoms with van der Waals surface area (Å²) in [4.78, 5) is 18.2. The highest BCUT2D eigenvalue weighted by Crippen LogP contribution is 2.21. The molecule has 1 aliphatic rings. The van der Waals surface area contributed by atoms with Gasteiger partial charge in [0.15, 0.2) is 0 Å². The molecule has 2 amide bonds. The van der Waals surface area contributed by atoms with Crippen molar-refractivity contribution >= 4 is 17.8 Å². The minimum atomic E-state index is 0.00331. The summed E-state index contributed by atoms with van der Waals surface area (Å²) in [5.74, 6) is 2.06. The van der Waals surface area contributed by atoms with E-state index in [2.05, 4.69) is 34.6 Å². The fourth-order valence-electron chi connectivity index (χ4n) is 2.63. The summed E-state index contributed by atoms with van der Waals surface area (Å²) in [6.07, 6.45) is 3.59. The molecule has 0 unspecified atom stereocenters. The molecule has 0 radical (unpaired) electrons. The third kappa shape index (κ3) is 4.05. The molecule has 0 aliphatic carbocycles. The Kier molecular flexibility index (Phi) is 5.18. The molecule has 3 rings (SSSR count). The van der Waals surface area contributed by atoms with E-state index in [-0.39, 0.29) is 12.1 Å². The van der Waals surface area contributed by atoms with Crippen molar-refractivity contribution in [1.29, 1.82) is 0 Å². The van der Waals surface area contributed by atoms with E-state index in [1.807, 2.05) is 35.7 Å². The number of thioether (sulfide) groups is 1. The standard InChI is InChI=1S/C18H21N3OS/c1-14(20-18(22)21-10-12-23-13-11-21)15-2-4-16(5-3-15)17-6-8-19-9-7-17/h2-9,14H,10-13H2,1H3,(H,20,22)/t14-/m0/s1. The largest absolute Gasteiger partial charge is 0.331 e. The Morgan fingerprint density at radius 3 is 2.35 bits per heavy atom. The molecule has 1 atom stereocenters. The third-order valence-corrected chi connectivity index (χ3v) is 5.01. The van der Waals surface area contributed by atoms with Gasteiger partial charge < -0.3 is 10.2 Å². The number of rotatable bonds is 3. The van der Waals surface area contributed by atoms with Gasteiger partial charge in [0, 0.05) is 37.0 Å². The Balaban J connectivity index is 1.63. The second-order valence-electron chi connectivity index (χ2n) is 5.63. The van der Waals surface area contributed by atoms with Gasteiger partial charge in [-0.2, -0.15) is 11.8 Å². The highest BCUT2D eigenvalue weighted by atomic mass is 32.2. The fraction of sp³-hybridized carbons (Fsp3) is 0.333. The van der Waals surface area contributed by atoms with E-state index in [0.29, 0.717) is 0 Å². The van der Waals surface area contributed by atoms with Crippen molar-refractivity contribution in [2.75, 3.05) is 24.6 Å². The average molecular weight is 327 g/mol. The summed E-state index contributed by atoms with van der Waals surface area (Å²) in [5, 5.41) is 3.09. The van der Waals surface area contributed by atoms with Crippen LogP contribution in [0.1, 0.15) is 18.5 Å². The lowest BCUT2D eigenvalue weighted by Gasteiger charge is -2.28. The predicted molar refractivity (Wildman–Crippen MR) is 95.5 cm³/mol. The molecule has 5 heteroatoms. The number of nitrogens with zero attached hydrogens (tertiary/aromatic N) is 2. The first kappa shape index (κ1) is 15.9. The first-order valence-electron chi connectivity index (χ1n) is 7.87. The molecule has 1 fully saturated rings. The molecule has 2 aromatic rings. The van der Waals surface area contributed by atoms with Crippen molar-refractivity contribution in [2.24, 2.45) is 0 Å². The van der Waals surface area contributed by atoms with Gasteiger partial charge in [-0.3, -0.25) is 4.98 Å². The van der Waals surface area contributed by atoms with E-state index in [1.165, 1.54) is 0 Å². The van der Waals surface area contributed by atoms with Gasteiger partial charge >= 0.3 is 6.03 Å². The second kappa shape index (κ2) is 7.51. The van der Waals surface area contributed by atoms with E-state index in [4.69, 9.17) is 0 Å². The topological polar surface area (TPSA) is 45.2 Å². The number of urea groups is 1. The highest BCUT2D eigenvalue weighted by Gasteiger charge is 2.18. The molecule has 0 bridgehead atoms. The van der Waals surface area contributed by atoms with Crippen LogP contribution < -0.4 is 5.32 Å². The first-order chi connectivity index (χ1) is 11.2. The van der Waals surface area contributed by atoms with Crippen molar-refractivity contribution in [2.45, 2.75) is 13.0 Å². The number of carbonyl (C=O) groups is 1. The molecular formula is C18H21N3OS. The number of hydrogen-bond acceptors (Lipinski definition) is 3. The van der Waals surface area contributed by atoms with Crippen LogP contribution in [0.4, 0.5) is 4.79 Å². The number of pyridine rings is 1. The molecule has 0 saturated carbocycles. The minimum absolute atomic E-state index is 0.00331. The van der Waals surface area contributed by atoms with Crippen LogP contribution in [0, 0.1) is 0 Å². The molecule has 1 aliphatic heterocycles. The average Bonchev–Trinajstić information content (AvgIpc) is 2.63. The van der Waals surface area contributed by atoms with Gasteiger partial charge in [0.2, 0.25) is 0 Å². The highest BCUT2D eigenvalue weighted by molar-refractivity contribution is 7.99. The van der Waals surface area contributed by atoms with Crippen LogP contribution in [-0.4, -0.2) is 40.5 Å². The van der Waals surface area contributed by atoms with Crippen LogP contribution in [0.3, 0.4) is 0 Å². The van der Waals surface area contributed by atoms with E-state index in [0.717, 1.165) is 41.3 Å². The van der Waals surface area contributed by atoms with E-state index >= 15 is 0 Å². The normalized spacial score (nSPS) is 16.0. The van der Waals surface area contributed by atoms with Crippen molar-refractivity contribution in [1.82, 2.24) is 15.2 Å². The third-order valence-electron chi connectivity index (χ3n) is 4.06. The number of hydrogen-bond donors (Lipinski definition) is 1. The number of amides is 2. The van der Waals surface area contributed by atoms with Crippen LogP contribution in [0.5, 0.6) is 0 Å². The molecule has 4 nitrogen and oxygen atoms in total. The summed E-state index contributed by atoms with van der Waals surface area (Å²) >= 11 is 1.90. The second-order valence-corrected chi connectivity index (χ2v) is 6.85. The molecule has 1 aromatic carbocycles. The lowest BCUT2D eigenvalue weighted by Crippen LogP contribution is -2.45. The summed E-state index contributed by atoms with van der Waals surface area (Å²) in [5.41, 5.74) is 3.42. The number of nitrogens with one attached hydrogen (secondary N) is 1.